The number of nitrogen functional groups attached to an aromatic ring is 2. The van der Waals surface area contributed by atoms with E-state index in [4.69, 9.17) is 21.6 Å². The average molecular weight is 928 g/mol. The zero-order valence-electron chi connectivity index (χ0n) is 36.7. The van der Waals surface area contributed by atoms with E-state index >= 15 is 0 Å². The third kappa shape index (κ3) is 13.7. The number of hydrogen-bond acceptors (Lipinski definition) is 16. The highest BCUT2D eigenvalue weighted by atomic mass is 32.2. The van der Waals surface area contributed by atoms with Gasteiger partial charge in [-0.25, -0.2) is 9.97 Å². The van der Waals surface area contributed by atoms with Crippen LogP contribution in [0.15, 0.2) is 116 Å². The highest BCUT2D eigenvalue weighted by molar-refractivity contribution is 8.03. The van der Waals surface area contributed by atoms with E-state index in [-0.39, 0.29) is 6.61 Å². The van der Waals surface area contributed by atoms with Crippen LogP contribution in [-0.2, 0) is 13.1 Å². The van der Waals surface area contributed by atoms with Gasteiger partial charge in [0.1, 0.15) is 29.0 Å². The van der Waals surface area contributed by atoms with Crippen LogP contribution >= 0.6 is 46.2 Å². The Balaban J connectivity index is 0.000000185. The van der Waals surface area contributed by atoms with E-state index in [1.165, 1.54) is 47.4 Å². The van der Waals surface area contributed by atoms with Crippen molar-refractivity contribution in [3.05, 3.63) is 111 Å². The Labute approximate surface area is 387 Å². The molecule has 6 aromatic heterocycles. The number of anilines is 5. The summed E-state index contributed by atoms with van der Waals surface area (Å²) >= 11 is 6.72. The van der Waals surface area contributed by atoms with Gasteiger partial charge >= 0.3 is 0 Å². The fourth-order valence-corrected chi connectivity index (χ4v) is 9.72. The number of fused-ring (bicyclic) bond motifs is 2. The summed E-state index contributed by atoms with van der Waals surface area (Å²) in [5, 5.41) is 21.9. The molecular weight excluding hydrogens is 867 g/mol. The van der Waals surface area contributed by atoms with E-state index in [1.807, 2.05) is 50.4 Å². The van der Waals surface area contributed by atoms with Crippen LogP contribution in [0, 0.1) is 0 Å². The minimum Gasteiger partial charge on any atom is -0.396 e. The van der Waals surface area contributed by atoms with Gasteiger partial charge in [0.05, 0.1) is 37.0 Å². The average Bonchev–Trinajstić information content (AvgIpc) is 4.17. The first-order valence-corrected chi connectivity index (χ1v) is 24.7. The zero-order chi connectivity index (χ0) is 45.0. The molecule has 0 saturated carbocycles. The van der Waals surface area contributed by atoms with Gasteiger partial charge in [-0.1, -0.05) is 62.5 Å². The van der Waals surface area contributed by atoms with Crippen LogP contribution in [0.4, 0.5) is 29.0 Å². The smallest absolute Gasteiger partial charge is 0.183 e. The summed E-state index contributed by atoms with van der Waals surface area (Å²) in [4.78, 5) is 26.2. The molecule has 2 aliphatic heterocycles. The van der Waals surface area contributed by atoms with E-state index < -0.39 is 0 Å². The highest BCUT2D eigenvalue weighted by Crippen LogP contribution is 2.31. The maximum atomic E-state index is 8.92. The topological polar surface area (TPSA) is 181 Å². The lowest BCUT2D eigenvalue weighted by Crippen LogP contribution is -2.22. The van der Waals surface area contributed by atoms with Crippen LogP contribution in [0.5, 0.6) is 0 Å². The van der Waals surface area contributed by atoms with Gasteiger partial charge in [0.2, 0.25) is 0 Å². The Morgan fingerprint density at radius 2 is 1.32 bits per heavy atom. The van der Waals surface area contributed by atoms with Gasteiger partial charge in [0, 0.05) is 76.9 Å². The molecule has 18 heteroatoms. The second-order valence-electron chi connectivity index (χ2n) is 13.8. The van der Waals surface area contributed by atoms with Crippen molar-refractivity contribution in [3.8, 4) is 0 Å². The summed E-state index contributed by atoms with van der Waals surface area (Å²) in [5.74, 6) is 3.75. The lowest BCUT2D eigenvalue weighted by molar-refractivity contribution is 0.322. The Hall–Kier alpha value is -5.11. The first-order valence-electron chi connectivity index (χ1n) is 21.1. The normalized spacial score (nSPS) is 13.2. The van der Waals surface area contributed by atoms with Crippen molar-refractivity contribution in [2.75, 3.05) is 78.8 Å². The molecule has 63 heavy (non-hydrogen) atoms. The predicted octanol–water partition coefficient (Wildman–Crippen LogP) is 8.83. The van der Waals surface area contributed by atoms with Crippen LogP contribution in [0.1, 0.15) is 49.3 Å². The molecule has 0 radical (unpaired) electrons. The maximum absolute atomic E-state index is 8.92. The Kier molecular flexibility index (Phi) is 20.1. The molecule has 0 amide bonds. The summed E-state index contributed by atoms with van der Waals surface area (Å²) in [6, 6.07) is 22.5. The number of rotatable bonds is 13. The molecular formula is C45H61N13OS4. The van der Waals surface area contributed by atoms with Gasteiger partial charge in [0.25, 0.3) is 0 Å². The molecule has 0 unspecified atom stereocenters. The largest absolute Gasteiger partial charge is 0.396 e. The molecule has 7 N–H and O–H groups in total. The molecule has 0 bridgehead atoms. The first kappa shape index (κ1) is 48.9. The lowest BCUT2D eigenvalue weighted by Gasteiger charge is -2.23. The van der Waals surface area contributed by atoms with Gasteiger partial charge in [0.15, 0.2) is 11.3 Å². The minimum atomic E-state index is 0.142. The molecule has 0 spiro atoms. The van der Waals surface area contributed by atoms with Crippen molar-refractivity contribution in [3.63, 3.8) is 0 Å². The van der Waals surface area contributed by atoms with E-state index in [1.54, 1.807) is 74.7 Å². The number of hydrogen-bond donors (Lipinski definition) is 4. The molecule has 7 aromatic rings. The summed E-state index contributed by atoms with van der Waals surface area (Å²) < 4.78 is 3.41. The second-order valence-corrected chi connectivity index (χ2v) is 18.2. The standard InChI is InChI=1S/C20H22N6S2.C12H17N5OS.C10H11NS.C2H6.CH5N/c21-18-11-19(24-7-1-2-8-24)23-20-17(12-22-26(18)20)25(13-15-5-3-9-27-15)14-16-6-4-10-28-16;13-10-7-11(16-3-1-2-4-16)15-12-9(19-6-5-18)8-14-17(10)12;1-9(8-11-2)12-10-6-4-3-5-7-10;2*1-2/h3-6,9-12H,1-2,7-8,13-14,21H2;7-8,18H,1-6,13H2;3-8H,1H2,2H3;1-2H3;2H2,1H3. The Bertz CT molecular complexity index is 2370. The monoisotopic (exact) mass is 927 g/mol. The summed E-state index contributed by atoms with van der Waals surface area (Å²) in [7, 11) is 3.25. The zero-order valence-corrected chi connectivity index (χ0v) is 40.0. The molecule has 0 aliphatic carbocycles. The minimum absolute atomic E-state index is 0.142. The number of benzene rings is 1. The van der Waals surface area contributed by atoms with Crippen molar-refractivity contribution in [2.24, 2.45) is 10.7 Å². The van der Waals surface area contributed by atoms with Crippen LogP contribution < -0.4 is 31.9 Å². The van der Waals surface area contributed by atoms with Crippen molar-refractivity contribution >= 4 is 92.7 Å². The number of thioether (sulfide) groups is 2. The van der Waals surface area contributed by atoms with Crippen molar-refractivity contribution in [1.82, 2.24) is 29.2 Å². The lowest BCUT2D eigenvalue weighted by atomic mass is 10.3. The van der Waals surface area contributed by atoms with Crippen LogP contribution in [-0.4, -0.2) is 93.2 Å². The maximum Gasteiger partial charge on any atom is 0.183 e. The number of aliphatic hydroxyl groups is 1. The summed E-state index contributed by atoms with van der Waals surface area (Å²) in [6.07, 6.45) is 10.2. The van der Waals surface area contributed by atoms with Crippen LogP contribution in [0.25, 0.3) is 11.3 Å². The molecule has 1 aromatic carbocycles. The number of thiophene rings is 2. The third-order valence-electron chi connectivity index (χ3n) is 9.59. The number of aliphatic imine (C=N–C) groups is 1. The van der Waals surface area contributed by atoms with Gasteiger partial charge in [-0.05, 0) is 67.8 Å². The van der Waals surface area contributed by atoms with E-state index in [2.05, 4.69) is 94.3 Å². The molecule has 0 atom stereocenters. The summed E-state index contributed by atoms with van der Waals surface area (Å²) in [6.45, 7) is 13.8. The van der Waals surface area contributed by atoms with Crippen molar-refractivity contribution in [1.29, 1.82) is 0 Å². The molecule has 8 heterocycles. The Morgan fingerprint density at radius 1 is 0.794 bits per heavy atom. The van der Waals surface area contributed by atoms with Gasteiger partial charge in [-0.2, -0.15) is 19.2 Å². The van der Waals surface area contributed by atoms with Crippen molar-refractivity contribution < 1.29 is 5.11 Å². The molecule has 2 aliphatic rings. The van der Waals surface area contributed by atoms with Gasteiger partial charge in [-0.3, -0.25) is 4.99 Å². The molecule has 2 fully saturated rings. The fraction of sp³-hybridized carbons (Fsp3) is 0.356. The van der Waals surface area contributed by atoms with E-state index in [0.717, 1.165) is 77.7 Å². The quantitative estimate of drug-likeness (QED) is 0.0637. The molecule has 9 rings (SSSR count). The van der Waals surface area contributed by atoms with Gasteiger partial charge < -0.3 is 37.0 Å². The predicted molar refractivity (Wildman–Crippen MR) is 271 cm³/mol. The van der Waals surface area contributed by atoms with E-state index in [0.29, 0.717) is 17.4 Å². The van der Waals surface area contributed by atoms with Gasteiger partial charge in [-0.15, -0.1) is 34.4 Å². The molecule has 336 valence electrons. The first-order chi connectivity index (χ1) is 30.9. The SMILES string of the molecule is C=C(C=NC)Sc1ccccc1.CC.CN.Nc1cc(N2CCCC2)nc2c(N(Cc3cccs3)Cc3cccs3)cnn12.Nc1cc(N2CCCC2)nc2c(SCCO)cnn12. The van der Waals surface area contributed by atoms with E-state index in [9.17, 15) is 0 Å². The molecule has 2 saturated heterocycles. The Morgan fingerprint density at radius 3 is 1.83 bits per heavy atom. The van der Waals surface area contributed by atoms with Crippen LogP contribution in [0.2, 0.25) is 0 Å². The number of nitrogens with two attached hydrogens (primary N) is 3. The fourth-order valence-electron chi connectivity index (χ4n) is 6.83. The second kappa shape index (κ2) is 25.9. The third-order valence-corrected chi connectivity index (χ3v) is 13.2. The van der Waals surface area contributed by atoms with Crippen molar-refractivity contribution in [2.45, 2.75) is 62.4 Å². The number of aliphatic hydroxyl groups excluding tert-OH is 1. The number of allylic oxidation sites excluding steroid dienone is 1. The molecule has 14 nitrogen and oxygen atoms in total. The highest BCUT2D eigenvalue weighted by Gasteiger charge is 2.21. The number of aromatic nitrogens is 6. The summed E-state index contributed by atoms with van der Waals surface area (Å²) in [5.41, 5.74) is 19.5. The number of nitrogens with zero attached hydrogens (tertiary/aromatic N) is 10. The van der Waals surface area contributed by atoms with Crippen LogP contribution in [0.3, 0.4) is 0 Å².